The molecule has 0 aromatic heterocycles. The molecule has 0 radical (unpaired) electrons. The van der Waals surface area contributed by atoms with Crippen molar-refractivity contribution in [3.63, 3.8) is 0 Å². The summed E-state index contributed by atoms with van der Waals surface area (Å²) in [5, 5.41) is 0.541. The fourth-order valence-corrected chi connectivity index (χ4v) is 7.56. The maximum atomic E-state index is 12.5. The van der Waals surface area contributed by atoms with E-state index in [1.54, 1.807) is 0 Å². The molecule has 2 heterocycles. The molecule has 2 fully saturated rings. The average Bonchev–Trinajstić information content (AvgIpc) is 3.12. The topological polar surface area (TPSA) is 66.8 Å². The van der Waals surface area contributed by atoms with Crippen molar-refractivity contribution < 1.29 is 13.2 Å². The van der Waals surface area contributed by atoms with Gasteiger partial charge in [-0.2, -0.15) is 4.99 Å². The van der Waals surface area contributed by atoms with Gasteiger partial charge in [-0.05, 0) is 31.0 Å². The van der Waals surface area contributed by atoms with Crippen LogP contribution in [0.1, 0.15) is 17.5 Å². The Morgan fingerprint density at radius 3 is 2.54 bits per heavy atom. The molecule has 28 heavy (non-hydrogen) atoms. The van der Waals surface area contributed by atoms with Crippen molar-refractivity contribution in [1.82, 2.24) is 0 Å². The van der Waals surface area contributed by atoms with E-state index >= 15 is 0 Å². The largest absolute Gasteiger partial charge is 0.316 e. The predicted molar refractivity (Wildman–Crippen MR) is 115 cm³/mol. The van der Waals surface area contributed by atoms with Gasteiger partial charge in [0.15, 0.2) is 15.0 Å². The molecule has 4 rings (SSSR count). The van der Waals surface area contributed by atoms with Gasteiger partial charge >= 0.3 is 0 Å². The molecule has 5 nitrogen and oxygen atoms in total. The minimum atomic E-state index is -3.06. The van der Waals surface area contributed by atoms with Crippen LogP contribution in [0.15, 0.2) is 59.6 Å². The van der Waals surface area contributed by atoms with Crippen molar-refractivity contribution in [2.75, 3.05) is 16.4 Å². The summed E-state index contributed by atoms with van der Waals surface area (Å²) in [7, 11) is -3.06. The first-order valence-electron chi connectivity index (χ1n) is 9.30. The zero-order valence-electron chi connectivity index (χ0n) is 15.6. The number of carbonyl (C=O) groups excluding carboxylic acids is 1. The highest BCUT2D eigenvalue weighted by molar-refractivity contribution is 8.16. The first-order chi connectivity index (χ1) is 13.4. The standard InChI is InChI=1S/C21H22N2O3S2/c1-15-7-10-17(11-8-15)23-18-13-28(25,26)14-19(18)27-21(23)22-20(24)12-9-16-5-3-2-4-6-16/h2-8,10-11,18-19H,9,12-14H2,1H3/t18-,19-/m1/s1. The summed E-state index contributed by atoms with van der Waals surface area (Å²) in [4.78, 5) is 18.8. The molecule has 2 aliphatic heterocycles. The number of rotatable bonds is 4. The van der Waals surface area contributed by atoms with Crippen LogP contribution in [0, 0.1) is 6.92 Å². The van der Waals surface area contributed by atoms with Crippen molar-refractivity contribution in [3.05, 3.63) is 65.7 Å². The van der Waals surface area contributed by atoms with Gasteiger partial charge in [-0.3, -0.25) is 4.79 Å². The summed E-state index contributed by atoms with van der Waals surface area (Å²) < 4.78 is 24.2. The van der Waals surface area contributed by atoms with Crippen LogP contribution in [0.5, 0.6) is 0 Å². The molecule has 7 heteroatoms. The Morgan fingerprint density at radius 2 is 1.82 bits per heavy atom. The number of aryl methyl sites for hydroxylation is 2. The summed E-state index contributed by atoms with van der Waals surface area (Å²) >= 11 is 1.42. The maximum absolute atomic E-state index is 12.5. The molecule has 0 spiro atoms. The van der Waals surface area contributed by atoms with E-state index in [4.69, 9.17) is 0 Å². The Morgan fingerprint density at radius 1 is 1.11 bits per heavy atom. The smallest absolute Gasteiger partial charge is 0.248 e. The van der Waals surface area contributed by atoms with Crippen LogP contribution in [0.3, 0.4) is 0 Å². The van der Waals surface area contributed by atoms with E-state index in [0.717, 1.165) is 16.8 Å². The number of nitrogens with zero attached hydrogens (tertiary/aromatic N) is 2. The van der Waals surface area contributed by atoms with Gasteiger partial charge in [-0.1, -0.05) is 59.8 Å². The molecule has 0 saturated carbocycles. The number of fused-ring (bicyclic) bond motifs is 1. The summed E-state index contributed by atoms with van der Waals surface area (Å²) in [5.41, 5.74) is 3.12. The normalized spacial score (nSPS) is 24.5. The molecule has 146 valence electrons. The molecule has 0 bridgehead atoms. The van der Waals surface area contributed by atoms with Crippen LogP contribution in [0.25, 0.3) is 0 Å². The van der Waals surface area contributed by atoms with E-state index in [0.29, 0.717) is 18.0 Å². The Kier molecular flexibility index (Phi) is 5.29. The van der Waals surface area contributed by atoms with Gasteiger partial charge in [0.05, 0.1) is 17.5 Å². The molecular formula is C21H22N2O3S2. The Balaban J connectivity index is 1.56. The van der Waals surface area contributed by atoms with E-state index in [2.05, 4.69) is 4.99 Å². The van der Waals surface area contributed by atoms with Gasteiger partial charge in [0, 0.05) is 17.4 Å². The van der Waals surface area contributed by atoms with Crippen LogP contribution in [-0.2, 0) is 21.1 Å². The molecule has 0 aliphatic carbocycles. The number of aliphatic imine (C=N–C) groups is 1. The highest BCUT2D eigenvalue weighted by Gasteiger charge is 2.49. The minimum absolute atomic E-state index is 0.0769. The van der Waals surface area contributed by atoms with Gasteiger partial charge in [0.25, 0.3) is 0 Å². The van der Waals surface area contributed by atoms with Gasteiger partial charge in [-0.15, -0.1) is 0 Å². The second-order valence-corrected chi connectivity index (χ2v) is 10.6. The van der Waals surface area contributed by atoms with Crippen molar-refractivity contribution in [1.29, 1.82) is 0 Å². The van der Waals surface area contributed by atoms with Gasteiger partial charge in [-0.25, -0.2) is 8.42 Å². The summed E-state index contributed by atoms with van der Waals surface area (Å²) in [6, 6.07) is 17.6. The molecule has 2 atom stereocenters. The summed E-state index contributed by atoms with van der Waals surface area (Å²) in [6.45, 7) is 2.01. The SMILES string of the molecule is Cc1ccc(N2C(=NC(=O)CCc3ccccc3)S[C@@H]3CS(=O)(=O)C[C@H]32)cc1. The van der Waals surface area contributed by atoms with E-state index < -0.39 is 9.84 Å². The Bertz CT molecular complexity index is 1000. The van der Waals surface area contributed by atoms with Crippen molar-refractivity contribution in [2.45, 2.75) is 31.1 Å². The lowest BCUT2D eigenvalue weighted by atomic mass is 10.1. The molecule has 2 saturated heterocycles. The molecule has 2 aromatic rings. The third-order valence-electron chi connectivity index (χ3n) is 5.07. The summed E-state index contributed by atoms with van der Waals surface area (Å²) in [6.07, 6.45) is 0.982. The fourth-order valence-electron chi connectivity index (χ4n) is 3.63. The molecule has 1 amide bonds. The van der Waals surface area contributed by atoms with Crippen molar-refractivity contribution >= 4 is 38.4 Å². The molecular weight excluding hydrogens is 392 g/mol. The third-order valence-corrected chi connectivity index (χ3v) is 8.28. The van der Waals surface area contributed by atoms with Crippen LogP contribution in [-0.4, -0.2) is 42.3 Å². The second-order valence-electron chi connectivity index (χ2n) is 7.28. The molecule has 2 aromatic carbocycles. The van der Waals surface area contributed by atoms with Crippen molar-refractivity contribution in [2.24, 2.45) is 4.99 Å². The lowest BCUT2D eigenvalue weighted by Crippen LogP contribution is -2.37. The number of thioether (sulfide) groups is 1. The van der Waals surface area contributed by atoms with E-state index in [-0.39, 0.29) is 28.7 Å². The number of sulfone groups is 1. The number of amidine groups is 1. The zero-order valence-corrected chi connectivity index (χ0v) is 17.2. The molecule has 0 unspecified atom stereocenters. The minimum Gasteiger partial charge on any atom is -0.316 e. The number of benzene rings is 2. The fraction of sp³-hybridized carbons (Fsp3) is 0.333. The van der Waals surface area contributed by atoms with Gasteiger partial charge in [0.2, 0.25) is 5.91 Å². The predicted octanol–water partition coefficient (Wildman–Crippen LogP) is 3.23. The maximum Gasteiger partial charge on any atom is 0.248 e. The van der Waals surface area contributed by atoms with Crippen LogP contribution >= 0.6 is 11.8 Å². The third kappa shape index (κ3) is 4.15. The second kappa shape index (κ2) is 7.72. The Hall–Kier alpha value is -2.12. The highest BCUT2D eigenvalue weighted by atomic mass is 32.2. The number of hydrogen-bond donors (Lipinski definition) is 0. The van der Waals surface area contributed by atoms with Crippen LogP contribution in [0.4, 0.5) is 5.69 Å². The highest BCUT2D eigenvalue weighted by Crippen LogP contribution is 2.41. The molecule has 2 aliphatic rings. The first kappa shape index (κ1) is 19.2. The number of carbonyl (C=O) groups is 1. The Labute approximate surface area is 169 Å². The number of hydrogen-bond acceptors (Lipinski definition) is 4. The van der Waals surface area contributed by atoms with Crippen molar-refractivity contribution in [3.8, 4) is 0 Å². The number of amides is 1. The van der Waals surface area contributed by atoms with Crippen LogP contribution < -0.4 is 4.90 Å². The van der Waals surface area contributed by atoms with Gasteiger partial charge < -0.3 is 4.90 Å². The first-order valence-corrected chi connectivity index (χ1v) is 12.0. The quantitative estimate of drug-likeness (QED) is 0.768. The van der Waals surface area contributed by atoms with Gasteiger partial charge in [0.1, 0.15) is 0 Å². The van der Waals surface area contributed by atoms with E-state index in [1.165, 1.54) is 11.8 Å². The number of anilines is 1. The lowest BCUT2D eigenvalue weighted by Gasteiger charge is -2.24. The van der Waals surface area contributed by atoms with E-state index in [1.807, 2.05) is 66.4 Å². The molecule has 0 N–H and O–H groups in total. The van der Waals surface area contributed by atoms with Crippen LogP contribution in [0.2, 0.25) is 0 Å². The summed E-state index contributed by atoms with van der Waals surface area (Å²) in [5.74, 6) is 0.0730. The lowest BCUT2D eigenvalue weighted by molar-refractivity contribution is -0.117. The monoisotopic (exact) mass is 414 g/mol. The zero-order chi connectivity index (χ0) is 19.7. The average molecular weight is 415 g/mol. The van der Waals surface area contributed by atoms with E-state index in [9.17, 15) is 13.2 Å².